The first-order valence-electron chi connectivity index (χ1n) is 5.99. The first kappa shape index (κ1) is 20.8. The number of carbonyl (C=O) groups excluding carboxylic acids is 1. The summed E-state index contributed by atoms with van der Waals surface area (Å²) in [6, 6.07) is 0. The Balaban J connectivity index is 0.00000441. The van der Waals surface area contributed by atoms with Crippen LogP contribution < -0.4 is 0 Å². The second kappa shape index (κ2) is 6.95. The van der Waals surface area contributed by atoms with Gasteiger partial charge in [-0.1, -0.05) is 0 Å². The number of alkyl halides is 3. The maximum atomic E-state index is 12.2. The van der Waals surface area contributed by atoms with Crippen LogP contribution in [0.3, 0.4) is 0 Å². The molecular formula is C11H17ClF3NO5S. The molecular weight excluding hydrogens is 351 g/mol. The summed E-state index contributed by atoms with van der Waals surface area (Å²) in [5, 5.41) is 0. The molecule has 0 unspecified atom stereocenters. The van der Waals surface area contributed by atoms with Gasteiger partial charge in [0.05, 0.1) is 0 Å². The van der Waals surface area contributed by atoms with Crippen LogP contribution in [0, 0.1) is 0 Å². The minimum atomic E-state index is -5.67. The van der Waals surface area contributed by atoms with Crippen LogP contribution in [0.5, 0.6) is 0 Å². The third kappa shape index (κ3) is 5.91. The number of rotatable bonds is 2. The molecule has 130 valence electrons. The van der Waals surface area contributed by atoms with E-state index in [2.05, 4.69) is 4.18 Å². The van der Waals surface area contributed by atoms with Crippen molar-refractivity contribution in [1.29, 1.82) is 0 Å². The number of carbonyl (C=O) groups is 1. The maximum absolute atomic E-state index is 12.2. The van der Waals surface area contributed by atoms with Gasteiger partial charge in [-0.15, -0.1) is 12.4 Å². The van der Waals surface area contributed by atoms with E-state index in [-0.39, 0.29) is 37.7 Å². The number of nitrogens with zero attached hydrogens (tertiary/aromatic N) is 1. The number of hydrogen-bond acceptors (Lipinski definition) is 5. The first-order chi connectivity index (χ1) is 9.32. The second-order valence-electron chi connectivity index (χ2n) is 5.33. The van der Waals surface area contributed by atoms with Crippen molar-refractivity contribution in [3.05, 3.63) is 11.8 Å². The number of hydrogen-bond donors (Lipinski definition) is 0. The topological polar surface area (TPSA) is 72.9 Å². The van der Waals surface area contributed by atoms with Crippen LogP contribution in [0.25, 0.3) is 0 Å². The van der Waals surface area contributed by atoms with Crippen LogP contribution in [0.15, 0.2) is 11.8 Å². The Morgan fingerprint density at radius 1 is 1.27 bits per heavy atom. The molecule has 0 aromatic heterocycles. The van der Waals surface area contributed by atoms with Crippen LogP contribution in [-0.4, -0.2) is 43.6 Å². The smallest absolute Gasteiger partial charge is 0.444 e. The van der Waals surface area contributed by atoms with Gasteiger partial charge in [0, 0.05) is 19.5 Å². The molecule has 0 atom stereocenters. The second-order valence-corrected chi connectivity index (χ2v) is 6.87. The molecule has 0 spiro atoms. The van der Waals surface area contributed by atoms with Gasteiger partial charge in [0.2, 0.25) is 0 Å². The fourth-order valence-electron chi connectivity index (χ4n) is 1.41. The lowest BCUT2D eigenvalue weighted by Gasteiger charge is -2.29. The zero-order chi connectivity index (χ0) is 16.5. The Labute approximate surface area is 132 Å². The largest absolute Gasteiger partial charge is 0.534 e. The van der Waals surface area contributed by atoms with Gasteiger partial charge in [0.15, 0.2) is 0 Å². The number of halogens is 4. The summed E-state index contributed by atoms with van der Waals surface area (Å²) in [5.74, 6) is -0.341. The SMILES string of the molecule is CC(C)(C)OC(=O)N1CC=C(OS(=O)(=O)C(F)(F)F)CC1.Cl. The molecule has 1 rings (SSSR count). The van der Waals surface area contributed by atoms with Crippen LogP contribution in [-0.2, 0) is 19.0 Å². The van der Waals surface area contributed by atoms with E-state index in [0.717, 1.165) is 6.08 Å². The highest BCUT2D eigenvalue weighted by Crippen LogP contribution is 2.28. The molecule has 1 aliphatic heterocycles. The monoisotopic (exact) mass is 367 g/mol. The van der Waals surface area contributed by atoms with Crippen molar-refractivity contribution < 1.29 is 35.3 Å². The van der Waals surface area contributed by atoms with Crippen molar-refractivity contribution in [2.24, 2.45) is 0 Å². The van der Waals surface area contributed by atoms with Crippen LogP contribution in [0.2, 0.25) is 0 Å². The van der Waals surface area contributed by atoms with Crippen molar-refractivity contribution in [3.8, 4) is 0 Å². The summed E-state index contributed by atoms with van der Waals surface area (Å²) in [7, 11) is -5.67. The summed E-state index contributed by atoms with van der Waals surface area (Å²) < 4.78 is 67.2. The maximum Gasteiger partial charge on any atom is 0.534 e. The average molecular weight is 368 g/mol. The van der Waals surface area contributed by atoms with Gasteiger partial charge in [0.25, 0.3) is 0 Å². The van der Waals surface area contributed by atoms with Crippen molar-refractivity contribution in [3.63, 3.8) is 0 Å². The molecule has 0 saturated heterocycles. The van der Waals surface area contributed by atoms with E-state index in [0.29, 0.717) is 0 Å². The molecule has 0 bridgehead atoms. The van der Waals surface area contributed by atoms with E-state index in [4.69, 9.17) is 4.74 Å². The average Bonchev–Trinajstić information content (AvgIpc) is 2.25. The van der Waals surface area contributed by atoms with Crippen molar-refractivity contribution in [2.45, 2.75) is 38.3 Å². The molecule has 0 aromatic carbocycles. The van der Waals surface area contributed by atoms with Gasteiger partial charge < -0.3 is 13.8 Å². The molecule has 0 fully saturated rings. The van der Waals surface area contributed by atoms with Crippen molar-refractivity contribution >= 4 is 28.6 Å². The van der Waals surface area contributed by atoms with E-state index in [1.165, 1.54) is 4.90 Å². The molecule has 22 heavy (non-hydrogen) atoms. The normalized spacial score (nSPS) is 16.5. The van der Waals surface area contributed by atoms with Gasteiger partial charge in [-0.25, -0.2) is 4.79 Å². The Hall–Kier alpha value is -1.16. The molecule has 1 heterocycles. The van der Waals surface area contributed by atoms with Gasteiger partial charge in [0.1, 0.15) is 11.4 Å². The molecule has 6 nitrogen and oxygen atoms in total. The molecule has 11 heteroatoms. The number of amides is 1. The lowest BCUT2D eigenvalue weighted by atomic mass is 10.2. The summed E-state index contributed by atoms with van der Waals surface area (Å²) in [5.41, 5.74) is -6.17. The van der Waals surface area contributed by atoms with E-state index in [1.807, 2.05) is 0 Å². The summed E-state index contributed by atoms with van der Waals surface area (Å²) in [6.07, 6.45) is 0.335. The lowest BCUT2D eigenvalue weighted by molar-refractivity contribution is -0.0525. The Kier molecular flexibility index (Phi) is 6.58. The predicted molar refractivity (Wildman–Crippen MR) is 73.8 cm³/mol. The van der Waals surface area contributed by atoms with E-state index in [9.17, 15) is 26.4 Å². The zero-order valence-electron chi connectivity index (χ0n) is 12.1. The van der Waals surface area contributed by atoms with E-state index < -0.39 is 27.3 Å². The first-order valence-corrected chi connectivity index (χ1v) is 7.40. The Morgan fingerprint density at radius 2 is 1.82 bits per heavy atom. The third-order valence-corrected chi connectivity index (χ3v) is 3.32. The standard InChI is InChI=1S/C11H16F3NO5S.ClH/c1-10(2,3)19-9(16)15-6-4-8(5-7-15)20-21(17,18)11(12,13)14;/h4H,5-7H2,1-3H3;1H. The Morgan fingerprint density at radius 3 is 2.18 bits per heavy atom. The third-order valence-electron chi connectivity index (χ3n) is 2.32. The molecule has 0 N–H and O–H groups in total. The lowest BCUT2D eigenvalue weighted by Crippen LogP contribution is -2.39. The van der Waals surface area contributed by atoms with Crippen molar-refractivity contribution in [1.82, 2.24) is 4.90 Å². The predicted octanol–water partition coefficient (Wildman–Crippen LogP) is 2.80. The quantitative estimate of drug-likeness (QED) is 0.554. The zero-order valence-corrected chi connectivity index (χ0v) is 13.8. The van der Waals surface area contributed by atoms with Crippen LogP contribution >= 0.6 is 12.4 Å². The van der Waals surface area contributed by atoms with Crippen molar-refractivity contribution in [2.75, 3.05) is 13.1 Å². The molecule has 1 aliphatic rings. The van der Waals surface area contributed by atoms with Gasteiger partial charge in [-0.05, 0) is 26.8 Å². The van der Waals surface area contributed by atoms with Gasteiger partial charge >= 0.3 is 21.7 Å². The molecule has 1 amide bonds. The Bertz CT molecular complexity index is 539. The number of ether oxygens (including phenoxy) is 1. The fraction of sp³-hybridized carbons (Fsp3) is 0.727. The summed E-state index contributed by atoms with van der Waals surface area (Å²) in [6.45, 7) is 4.95. The fourth-order valence-corrected chi connectivity index (χ4v) is 1.93. The molecule has 0 saturated carbocycles. The van der Waals surface area contributed by atoms with Crippen LogP contribution in [0.1, 0.15) is 27.2 Å². The highest BCUT2D eigenvalue weighted by Gasteiger charge is 2.49. The minimum absolute atomic E-state index is 0. The molecule has 0 aliphatic carbocycles. The molecule has 0 radical (unpaired) electrons. The van der Waals surface area contributed by atoms with E-state index >= 15 is 0 Å². The van der Waals surface area contributed by atoms with E-state index in [1.54, 1.807) is 20.8 Å². The van der Waals surface area contributed by atoms with Gasteiger partial charge in [-0.3, -0.25) is 0 Å². The minimum Gasteiger partial charge on any atom is -0.444 e. The highest BCUT2D eigenvalue weighted by molar-refractivity contribution is 7.87. The van der Waals surface area contributed by atoms with Crippen LogP contribution in [0.4, 0.5) is 18.0 Å². The summed E-state index contributed by atoms with van der Waals surface area (Å²) >= 11 is 0. The molecule has 0 aromatic rings. The highest BCUT2D eigenvalue weighted by atomic mass is 35.5. The summed E-state index contributed by atoms with van der Waals surface area (Å²) in [4.78, 5) is 12.9. The van der Waals surface area contributed by atoms with Gasteiger partial charge in [-0.2, -0.15) is 21.6 Å².